The van der Waals surface area contributed by atoms with Gasteiger partial charge >= 0.3 is 0 Å². The van der Waals surface area contributed by atoms with Crippen LogP contribution in [0.3, 0.4) is 0 Å². The number of nitrogens with one attached hydrogen (secondary N) is 1. The second kappa shape index (κ2) is 8.24. The fourth-order valence-electron chi connectivity index (χ4n) is 2.41. The van der Waals surface area contributed by atoms with Crippen LogP contribution < -0.4 is 9.46 Å². The topological polar surface area (TPSA) is 81.4 Å². The fraction of sp³-hybridized carbons (Fsp3) is 0.316. The van der Waals surface area contributed by atoms with Gasteiger partial charge in [-0.05, 0) is 44.0 Å². The van der Waals surface area contributed by atoms with Crippen LogP contribution in [-0.4, -0.2) is 19.7 Å². The Morgan fingerprint density at radius 3 is 2.59 bits per heavy atom. The fourth-order valence-corrected chi connectivity index (χ4v) is 4.64. The van der Waals surface area contributed by atoms with Gasteiger partial charge in [0.15, 0.2) is 5.76 Å². The van der Waals surface area contributed by atoms with Gasteiger partial charge in [0.25, 0.3) is 0 Å². The number of nitrogens with zero attached hydrogens (tertiary/aromatic N) is 1. The highest BCUT2D eigenvalue weighted by Gasteiger charge is 2.18. The van der Waals surface area contributed by atoms with Crippen LogP contribution in [0, 0.1) is 0 Å². The van der Waals surface area contributed by atoms with Crippen LogP contribution in [0.5, 0.6) is 5.75 Å². The van der Waals surface area contributed by atoms with E-state index in [1.54, 1.807) is 11.4 Å². The molecule has 0 unspecified atom stereocenters. The SMILES string of the molecule is CCc1cc(-c2csc(S(=O)(=O)NCc3ccc(OC(C)C)cc3)c2)on1. The molecule has 27 heavy (non-hydrogen) atoms. The molecule has 0 aliphatic carbocycles. The Labute approximate surface area is 163 Å². The molecule has 0 saturated carbocycles. The molecular weight excluding hydrogens is 384 g/mol. The number of ether oxygens (including phenoxy) is 1. The van der Waals surface area contributed by atoms with Crippen LogP contribution in [0.1, 0.15) is 32.0 Å². The smallest absolute Gasteiger partial charge is 0.250 e. The van der Waals surface area contributed by atoms with Crippen LogP contribution in [-0.2, 0) is 23.0 Å². The number of hydrogen-bond acceptors (Lipinski definition) is 6. The monoisotopic (exact) mass is 406 g/mol. The summed E-state index contributed by atoms with van der Waals surface area (Å²) in [6, 6.07) is 10.8. The summed E-state index contributed by atoms with van der Waals surface area (Å²) in [6.07, 6.45) is 0.863. The highest BCUT2D eigenvalue weighted by atomic mass is 32.2. The number of sulfonamides is 1. The number of rotatable bonds is 8. The molecule has 0 atom stereocenters. The lowest BCUT2D eigenvalue weighted by Gasteiger charge is -2.10. The van der Waals surface area contributed by atoms with E-state index in [1.807, 2.05) is 51.1 Å². The van der Waals surface area contributed by atoms with Gasteiger partial charge in [-0.1, -0.05) is 24.2 Å². The minimum Gasteiger partial charge on any atom is -0.491 e. The molecule has 8 heteroatoms. The Morgan fingerprint density at radius 1 is 1.22 bits per heavy atom. The molecule has 0 saturated heterocycles. The standard InChI is InChI=1S/C19H22N2O4S2/c1-4-16-10-18(25-21-16)15-9-19(26-12-15)27(22,23)20-11-14-5-7-17(8-6-14)24-13(2)3/h5-10,12-13,20H,4,11H2,1-3H3. The van der Waals surface area contributed by atoms with Crippen LogP contribution in [0.4, 0.5) is 0 Å². The summed E-state index contributed by atoms with van der Waals surface area (Å²) in [7, 11) is -3.60. The summed E-state index contributed by atoms with van der Waals surface area (Å²) in [5.74, 6) is 1.34. The van der Waals surface area contributed by atoms with E-state index in [2.05, 4.69) is 9.88 Å². The van der Waals surface area contributed by atoms with Gasteiger partial charge in [0.1, 0.15) is 9.96 Å². The van der Waals surface area contributed by atoms with Gasteiger partial charge < -0.3 is 9.26 Å². The van der Waals surface area contributed by atoms with Gasteiger partial charge in [-0.3, -0.25) is 0 Å². The molecule has 0 fully saturated rings. The minimum atomic E-state index is -3.60. The first-order valence-corrected chi connectivity index (χ1v) is 11.0. The molecule has 1 N–H and O–H groups in total. The van der Waals surface area contributed by atoms with Gasteiger partial charge in [0.05, 0.1) is 11.8 Å². The van der Waals surface area contributed by atoms with Crippen molar-refractivity contribution >= 4 is 21.4 Å². The maximum Gasteiger partial charge on any atom is 0.250 e. The van der Waals surface area contributed by atoms with Crippen LogP contribution in [0.25, 0.3) is 11.3 Å². The number of hydrogen-bond donors (Lipinski definition) is 1. The Morgan fingerprint density at radius 2 is 1.96 bits per heavy atom. The lowest BCUT2D eigenvalue weighted by molar-refractivity contribution is 0.242. The third-order valence-electron chi connectivity index (χ3n) is 3.81. The normalized spacial score (nSPS) is 11.9. The van der Waals surface area contributed by atoms with E-state index in [0.717, 1.165) is 34.8 Å². The van der Waals surface area contributed by atoms with Gasteiger partial charge in [0.2, 0.25) is 10.0 Å². The van der Waals surface area contributed by atoms with Crippen molar-refractivity contribution in [3.63, 3.8) is 0 Å². The van der Waals surface area contributed by atoms with Gasteiger partial charge in [-0.15, -0.1) is 11.3 Å². The first-order chi connectivity index (χ1) is 12.9. The van der Waals surface area contributed by atoms with Gasteiger partial charge in [0, 0.05) is 23.6 Å². The van der Waals surface area contributed by atoms with Gasteiger partial charge in [-0.2, -0.15) is 0 Å². The Bertz CT molecular complexity index is 989. The molecule has 0 aliphatic rings. The summed E-state index contributed by atoms with van der Waals surface area (Å²) < 4.78 is 38.8. The van der Waals surface area contributed by atoms with Crippen molar-refractivity contribution < 1.29 is 17.7 Å². The second-order valence-electron chi connectivity index (χ2n) is 6.33. The molecule has 0 aliphatic heterocycles. The predicted molar refractivity (Wildman–Crippen MR) is 105 cm³/mol. The molecule has 0 amide bonds. The summed E-state index contributed by atoms with van der Waals surface area (Å²) in [6.45, 7) is 6.11. The van der Waals surface area contributed by atoms with E-state index in [4.69, 9.17) is 9.26 Å². The first-order valence-electron chi connectivity index (χ1n) is 8.67. The minimum absolute atomic E-state index is 0.0974. The predicted octanol–water partition coefficient (Wildman–Crippen LogP) is 4.23. The number of thiophene rings is 1. The highest BCUT2D eigenvalue weighted by Crippen LogP contribution is 2.29. The number of aromatic nitrogens is 1. The van der Waals surface area contributed by atoms with Gasteiger partial charge in [-0.25, -0.2) is 13.1 Å². The van der Waals surface area contributed by atoms with Crippen LogP contribution in [0.2, 0.25) is 0 Å². The molecule has 3 aromatic rings. The molecule has 0 spiro atoms. The zero-order valence-electron chi connectivity index (χ0n) is 15.4. The van der Waals surface area contributed by atoms with E-state index >= 15 is 0 Å². The van der Waals surface area contributed by atoms with Crippen molar-refractivity contribution in [3.05, 3.63) is 53.0 Å². The second-order valence-corrected chi connectivity index (χ2v) is 9.23. The quantitative estimate of drug-likeness (QED) is 0.605. The van der Waals surface area contributed by atoms with Crippen molar-refractivity contribution in [1.29, 1.82) is 0 Å². The summed E-state index contributed by atoms with van der Waals surface area (Å²) >= 11 is 1.15. The summed E-state index contributed by atoms with van der Waals surface area (Å²) in [5.41, 5.74) is 2.40. The molecule has 144 valence electrons. The average molecular weight is 407 g/mol. The third-order valence-corrected chi connectivity index (χ3v) is 6.65. The zero-order valence-corrected chi connectivity index (χ0v) is 17.1. The van der Waals surface area contributed by atoms with Crippen molar-refractivity contribution in [2.75, 3.05) is 0 Å². The largest absolute Gasteiger partial charge is 0.491 e. The molecule has 0 bridgehead atoms. The molecule has 1 aromatic carbocycles. The molecular formula is C19H22N2O4S2. The molecule has 2 aromatic heterocycles. The number of benzene rings is 1. The Hall–Kier alpha value is -2.16. The van der Waals surface area contributed by atoms with Crippen molar-refractivity contribution in [2.45, 2.75) is 44.0 Å². The maximum absolute atomic E-state index is 12.6. The van der Waals surface area contributed by atoms with Crippen molar-refractivity contribution in [1.82, 2.24) is 9.88 Å². The molecule has 0 radical (unpaired) electrons. The van der Waals surface area contributed by atoms with E-state index in [0.29, 0.717) is 11.3 Å². The average Bonchev–Trinajstić information content (AvgIpc) is 3.30. The van der Waals surface area contributed by atoms with E-state index < -0.39 is 10.0 Å². The van der Waals surface area contributed by atoms with Crippen LogP contribution in [0.15, 0.2) is 50.5 Å². The summed E-state index contributed by atoms with van der Waals surface area (Å²) in [4.78, 5) is 0. The first kappa shape index (κ1) is 19.6. The van der Waals surface area contributed by atoms with Crippen molar-refractivity contribution in [2.24, 2.45) is 0 Å². The zero-order chi connectivity index (χ0) is 19.4. The number of aryl methyl sites for hydroxylation is 1. The molecule has 3 rings (SSSR count). The molecule has 6 nitrogen and oxygen atoms in total. The Balaban J connectivity index is 1.66. The highest BCUT2D eigenvalue weighted by molar-refractivity contribution is 7.91. The van der Waals surface area contributed by atoms with E-state index in [-0.39, 0.29) is 16.9 Å². The Kier molecular flexibility index (Phi) is 5.98. The van der Waals surface area contributed by atoms with E-state index in [9.17, 15) is 8.42 Å². The summed E-state index contributed by atoms with van der Waals surface area (Å²) in [5, 5.41) is 5.69. The molecule has 2 heterocycles. The maximum atomic E-state index is 12.6. The lowest BCUT2D eigenvalue weighted by atomic mass is 10.2. The van der Waals surface area contributed by atoms with E-state index in [1.165, 1.54) is 0 Å². The van der Waals surface area contributed by atoms with Crippen LogP contribution >= 0.6 is 11.3 Å². The van der Waals surface area contributed by atoms with Crippen molar-refractivity contribution in [3.8, 4) is 17.1 Å². The third kappa shape index (κ3) is 4.97. The lowest BCUT2D eigenvalue weighted by Crippen LogP contribution is -2.22.